The third-order valence-electron chi connectivity index (χ3n) is 0. The molecule has 0 heterocycles. The summed E-state index contributed by atoms with van der Waals surface area (Å²) < 4.78 is 0. The molecule has 0 aromatic rings. The molecule has 6 heteroatoms. The van der Waals surface area contributed by atoms with Crippen LogP contribution in [0.4, 0.5) is 0 Å². The molecule has 33 valence electrons. The zero-order valence-electron chi connectivity index (χ0n) is 3.29. The zero-order valence-corrected chi connectivity index (χ0v) is 10.6. The summed E-state index contributed by atoms with van der Waals surface area (Å²) in [6.07, 6.45) is 0. The van der Waals surface area contributed by atoms with Crippen molar-refractivity contribution in [2.75, 3.05) is 0 Å². The molecule has 0 bridgehead atoms. The summed E-state index contributed by atoms with van der Waals surface area (Å²) in [6.45, 7) is 0. The molecule has 0 aromatic heterocycles. The topological polar surface area (TPSA) is 80.9 Å². The van der Waals surface area contributed by atoms with Crippen molar-refractivity contribution in [3.8, 4) is 0 Å². The molecule has 0 saturated heterocycles. The summed E-state index contributed by atoms with van der Waals surface area (Å²) in [5, 5.41) is 0. The normalized spacial score (nSPS) is 10.0. The van der Waals surface area contributed by atoms with Gasteiger partial charge in [-0.2, -0.15) is 0 Å². The van der Waals surface area contributed by atoms with Crippen LogP contribution >= 0.6 is 0 Å². The first kappa shape index (κ1) is 11.0. The van der Waals surface area contributed by atoms with E-state index < -0.39 is 9.05 Å². The Kier molecular flexibility index (Phi) is 7.38. The van der Waals surface area contributed by atoms with E-state index in [0.717, 1.165) is 0 Å². The maximum atomic E-state index is 7.33. The van der Waals surface area contributed by atoms with Gasteiger partial charge in [0.05, 0.1) is 0 Å². The first-order valence-electron chi connectivity index (χ1n) is 0.894. The summed E-state index contributed by atoms with van der Waals surface area (Å²) >= 11 is 0. The number of hydrogen-bond donors (Lipinski definition) is 4. The minimum atomic E-state index is -4.61. The predicted molar refractivity (Wildman–Crippen MR) is 20.4 cm³/mol. The van der Waals surface area contributed by atoms with E-state index in [1.54, 1.807) is 0 Å². The van der Waals surface area contributed by atoms with Crippen molar-refractivity contribution in [2.45, 2.75) is 0 Å². The predicted octanol–water partition coefficient (Wildman–Crippen LogP) is -2.99. The van der Waals surface area contributed by atoms with E-state index in [2.05, 4.69) is 0 Å². The fraction of sp³-hybridized carbons (Fsp3) is 0. The minimum Gasteiger partial charge on any atom is -0.368 e. The quantitative estimate of drug-likeness (QED) is 0.334. The smallest absolute Gasteiger partial charge is 0.368 e. The first-order chi connectivity index (χ1) is 2.00. The Labute approximate surface area is 94.7 Å². The molecular formula is H4CsO4Si. The van der Waals surface area contributed by atoms with Gasteiger partial charge < -0.3 is 19.2 Å². The van der Waals surface area contributed by atoms with Crippen LogP contribution in [0.2, 0.25) is 0 Å². The standard InChI is InChI=1S/Cs.H4O4Si/c;1-5(2,3)4/h;1-4H. The van der Waals surface area contributed by atoms with Crippen LogP contribution in [0.1, 0.15) is 0 Å². The second-order valence-corrected chi connectivity index (χ2v) is 1.80. The second kappa shape index (κ2) is 4.03. The molecule has 0 aliphatic heterocycles. The molecular weight excluding hydrogens is 225 g/mol. The van der Waals surface area contributed by atoms with Gasteiger partial charge in [0.1, 0.15) is 0 Å². The third-order valence-corrected chi connectivity index (χ3v) is 0. The van der Waals surface area contributed by atoms with Crippen molar-refractivity contribution in [3.05, 3.63) is 0 Å². The van der Waals surface area contributed by atoms with Crippen molar-refractivity contribution in [3.63, 3.8) is 0 Å². The Morgan fingerprint density at radius 3 is 0.833 bits per heavy atom. The van der Waals surface area contributed by atoms with E-state index in [9.17, 15) is 0 Å². The van der Waals surface area contributed by atoms with Gasteiger partial charge in [-0.3, -0.25) is 0 Å². The summed E-state index contributed by atoms with van der Waals surface area (Å²) in [7, 11) is -4.61. The number of rotatable bonds is 0. The molecule has 0 aliphatic rings. The maximum absolute atomic E-state index is 7.33. The fourth-order valence-corrected chi connectivity index (χ4v) is 0. The monoisotopic (exact) mass is 229 g/mol. The molecule has 0 unspecified atom stereocenters. The molecule has 0 fully saturated rings. The van der Waals surface area contributed by atoms with Gasteiger partial charge in [0.15, 0.2) is 0 Å². The average molecular weight is 229 g/mol. The SMILES string of the molecule is O[Si](O)(O)O.[Cs]. The van der Waals surface area contributed by atoms with Gasteiger partial charge in [-0.15, -0.1) is 0 Å². The van der Waals surface area contributed by atoms with E-state index in [1.165, 1.54) is 0 Å². The molecule has 0 atom stereocenters. The molecule has 6 heavy (non-hydrogen) atoms. The van der Waals surface area contributed by atoms with Crippen LogP contribution in [0.25, 0.3) is 0 Å². The Balaban J connectivity index is 0. The summed E-state index contributed by atoms with van der Waals surface area (Å²) in [4.78, 5) is 29.3. The molecule has 4 nitrogen and oxygen atoms in total. The number of hydrogen-bond acceptors (Lipinski definition) is 4. The minimum absolute atomic E-state index is 0. The van der Waals surface area contributed by atoms with Crippen LogP contribution in [0, 0.1) is 0 Å². The van der Waals surface area contributed by atoms with E-state index in [4.69, 9.17) is 19.2 Å². The van der Waals surface area contributed by atoms with Crippen molar-refractivity contribution in [2.24, 2.45) is 0 Å². The van der Waals surface area contributed by atoms with Gasteiger partial charge in [-0.25, -0.2) is 0 Å². The van der Waals surface area contributed by atoms with Gasteiger partial charge in [-0.05, 0) is 0 Å². The summed E-state index contributed by atoms with van der Waals surface area (Å²) in [6, 6.07) is 0. The molecule has 0 spiro atoms. The zero-order chi connectivity index (χ0) is 4.50. The van der Waals surface area contributed by atoms with Crippen LogP contribution < -0.4 is 0 Å². The Morgan fingerprint density at radius 2 is 0.833 bits per heavy atom. The van der Waals surface area contributed by atoms with Crippen molar-refractivity contribution < 1.29 is 19.2 Å². The Morgan fingerprint density at radius 1 is 0.833 bits per heavy atom. The van der Waals surface area contributed by atoms with Gasteiger partial charge in [0.2, 0.25) is 0 Å². The maximum Gasteiger partial charge on any atom is 0.668 e. The van der Waals surface area contributed by atoms with Gasteiger partial charge in [0, 0.05) is 68.9 Å². The summed E-state index contributed by atoms with van der Waals surface area (Å²) in [5.41, 5.74) is 0. The Hall–Kier alpha value is 2.11. The fourth-order valence-electron chi connectivity index (χ4n) is 0. The van der Waals surface area contributed by atoms with E-state index in [1.807, 2.05) is 0 Å². The molecule has 0 aliphatic carbocycles. The van der Waals surface area contributed by atoms with Crippen molar-refractivity contribution in [1.82, 2.24) is 0 Å². The molecule has 0 saturated carbocycles. The molecule has 1 radical (unpaired) electrons. The van der Waals surface area contributed by atoms with Gasteiger partial charge in [0.25, 0.3) is 0 Å². The van der Waals surface area contributed by atoms with Gasteiger partial charge in [-0.1, -0.05) is 0 Å². The van der Waals surface area contributed by atoms with E-state index in [-0.39, 0.29) is 68.9 Å². The summed E-state index contributed by atoms with van der Waals surface area (Å²) in [5.74, 6) is 0. The Bertz CT molecular complexity index is 23.0. The van der Waals surface area contributed by atoms with E-state index >= 15 is 0 Å². The van der Waals surface area contributed by atoms with Gasteiger partial charge >= 0.3 is 9.05 Å². The largest absolute Gasteiger partial charge is 0.668 e. The van der Waals surface area contributed by atoms with Crippen molar-refractivity contribution >= 4 is 77.9 Å². The van der Waals surface area contributed by atoms with Crippen molar-refractivity contribution in [1.29, 1.82) is 0 Å². The van der Waals surface area contributed by atoms with Crippen LogP contribution in [-0.4, -0.2) is 97.1 Å². The van der Waals surface area contributed by atoms with Crippen LogP contribution in [0.3, 0.4) is 0 Å². The molecule has 0 rings (SSSR count). The van der Waals surface area contributed by atoms with Crippen LogP contribution in [0.5, 0.6) is 0 Å². The van der Waals surface area contributed by atoms with Crippen LogP contribution in [0.15, 0.2) is 0 Å². The first-order valence-corrected chi connectivity index (χ1v) is 2.68. The molecule has 0 amide bonds. The van der Waals surface area contributed by atoms with E-state index in [0.29, 0.717) is 0 Å². The average Bonchev–Trinajstić information content (AvgIpc) is 0.722. The molecule has 0 aromatic carbocycles. The molecule has 4 N–H and O–H groups in total. The third kappa shape index (κ3) is 35.9. The van der Waals surface area contributed by atoms with Crippen LogP contribution in [-0.2, 0) is 0 Å². The second-order valence-electron chi connectivity index (χ2n) is 0.600.